The van der Waals surface area contributed by atoms with Gasteiger partial charge < -0.3 is 4.90 Å². The molecule has 0 atom stereocenters. The van der Waals surface area contributed by atoms with Crippen molar-refractivity contribution in [1.82, 2.24) is 9.47 Å². The van der Waals surface area contributed by atoms with Gasteiger partial charge in [0, 0.05) is 14.1 Å². The van der Waals surface area contributed by atoms with Crippen molar-refractivity contribution < 1.29 is 0 Å². The van der Waals surface area contributed by atoms with E-state index in [1.807, 2.05) is 49.0 Å². The average Bonchev–Trinajstić information content (AvgIpc) is 2.71. The molecule has 2 rings (SSSR count). The Labute approximate surface area is 123 Å². The zero-order valence-corrected chi connectivity index (χ0v) is 13.1. The molecule has 1 aromatic heterocycles. The lowest BCUT2D eigenvalue weighted by atomic mass is 10.3. The van der Waals surface area contributed by atoms with Gasteiger partial charge in [-0.25, -0.2) is 0 Å². The molecule has 0 fully saturated rings. The van der Waals surface area contributed by atoms with E-state index in [-0.39, 0.29) is 0 Å². The molecule has 18 heavy (non-hydrogen) atoms. The number of para-hydroxylation sites is 1. The molecular formula is C11H11N3S4. The summed E-state index contributed by atoms with van der Waals surface area (Å²) in [4.78, 5) is 7.06. The first-order chi connectivity index (χ1) is 8.59. The Morgan fingerprint density at radius 3 is 2.50 bits per heavy atom. The van der Waals surface area contributed by atoms with Crippen LogP contribution < -0.4 is 4.80 Å². The van der Waals surface area contributed by atoms with Crippen LogP contribution in [0.3, 0.4) is 0 Å². The second-order valence-corrected chi connectivity index (χ2v) is 6.77. The molecule has 2 aromatic rings. The molecule has 0 spiro atoms. The van der Waals surface area contributed by atoms with Crippen LogP contribution in [0.1, 0.15) is 0 Å². The van der Waals surface area contributed by atoms with Gasteiger partial charge >= 0.3 is 0 Å². The van der Waals surface area contributed by atoms with Crippen molar-refractivity contribution >= 4 is 50.2 Å². The summed E-state index contributed by atoms with van der Waals surface area (Å²) in [5, 5.41) is 0.545. The second kappa shape index (κ2) is 5.83. The number of benzene rings is 1. The Morgan fingerprint density at radius 2 is 1.89 bits per heavy atom. The van der Waals surface area contributed by atoms with Crippen molar-refractivity contribution in [3.8, 4) is 5.69 Å². The van der Waals surface area contributed by atoms with Gasteiger partial charge in [-0.3, -0.25) is 4.57 Å². The standard InChI is InChI=1S/C11H11N3S4/c1-13(2)9(15)12-10-14(11(16)18-17-10)8-6-4-3-5-7-8/h3-7H,1-2H3/b12-10-. The zero-order chi connectivity index (χ0) is 13.1. The third-order valence-corrected chi connectivity index (χ3v) is 5.36. The van der Waals surface area contributed by atoms with Crippen molar-refractivity contribution in [3.63, 3.8) is 0 Å². The van der Waals surface area contributed by atoms with Gasteiger partial charge in [0.25, 0.3) is 0 Å². The number of hydrogen-bond donors (Lipinski definition) is 0. The molecule has 0 aliphatic carbocycles. The number of hydrogen-bond acceptors (Lipinski definition) is 4. The lowest BCUT2D eigenvalue weighted by Crippen LogP contribution is -2.22. The van der Waals surface area contributed by atoms with E-state index in [2.05, 4.69) is 4.99 Å². The van der Waals surface area contributed by atoms with E-state index in [0.29, 0.717) is 5.11 Å². The molecule has 0 saturated heterocycles. The lowest BCUT2D eigenvalue weighted by Gasteiger charge is -2.08. The highest BCUT2D eigenvalue weighted by Crippen LogP contribution is 2.12. The molecule has 1 heterocycles. The zero-order valence-electron chi connectivity index (χ0n) is 9.86. The topological polar surface area (TPSA) is 20.5 Å². The summed E-state index contributed by atoms with van der Waals surface area (Å²) < 4.78 is 2.73. The van der Waals surface area contributed by atoms with Crippen LogP contribution in [0.25, 0.3) is 5.69 Å². The van der Waals surface area contributed by atoms with Gasteiger partial charge in [0.15, 0.2) is 9.07 Å². The molecule has 0 unspecified atom stereocenters. The SMILES string of the molecule is CN(C)C(=S)/N=c1\ssc(=S)n1-c1ccccc1. The fourth-order valence-corrected chi connectivity index (χ4v) is 3.83. The molecule has 0 N–H and O–H groups in total. The summed E-state index contributed by atoms with van der Waals surface area (Å²) in [5.41, 5.74) is 1.01. The predicted octanol–water partition coefficient (Wildman–Crippen LogP) is 3.08. The van der Waals surface area contributed by atoms with Gasteiger partial charge in [-0.2, -0.15) is 4.99 Å². The Balaban J connectivity index is 2.60. The summed E-state index contributed by atoms with van der Waals surface area (Å²) in [7, 11) is 6.82. The highest BCUT2D eigenvalue weighted by Gasteiger charge is 2.04. The molecule has 0 aliphatic heterocycles. The molecule has 0 radical (unpaired) electrons. The molecule has 0 bridgehead atoms. The first-order valence-electron chi connectivity index (χ1n) is 5.13. The minimum Gasteiger partial charge on any atom is -0.353 e. The summed E-state index contributed by atoms with van der Waals surface area (Å²) in [6.07, 6.45) is 0. The smallest absolute Gasteiger partial charge is 0.208 e. The molecule has 0 saturated carbocycles. The predicted molar refractivity (Wildman–Crippen MR) is 84.2 cm³/mol. The molecule has 7 heteroatoms. The van der Waals surface area contributed by atoms with Gasteiger partial charge in [-0.05, 0) is 57.2 Å². The van der Waals surface area contributed by atoms with Crippen LogP contribution >= 0.6 is 45.1 Å². The van der Waals surface area contributed by atoms with Crippen LogP contribution in [0.2, 0.25) is 0 Å². The van der Waals surface area contributed by atoms with Gasteiger partial charge in [-0.15, -0.1) is 0 Å². The normalized spacial score (nSPS) is 11.6. The lowest BCUT2D eigenvalue weighted by molar-refractivity contribution is 0.626. The number of aromatic nitrogens is 1. The van der Waals surface area contributed by atoms with Crippen LogP contribution in [0.4, 0.5) is 0 Å². The number of nitrogens with zero attached hydrogens (tertiary/aromatic N) is 3. The van der Waals surface area contributed by atoms with E-state index in [9.17, 15) is 0 Å². The largest absolute Gasteiger partial charge is 0.353 e. The van der Waals surface area contributed by atoms with Crippen molar-refractivity contribution in [2.45, 2.75) is 0 Å². The minimum absolute atomic E-state index is 0.545. The second-order valence-electron chi connectivity index (χ2n) is 3.67. The van der Waals surface area contributed by atoms with E-state index in [0.717, 1.165) is 14.4 Å². The highest BCUT2D eigenvalue weighted by molar-refractivity contribution is 7.80. The van der Waals surface area contributed by atoms with Crippen molar-refractivity contribution in [2.75, 3.05) is 14.1 Å². The number of thiocarbonyl (C=S) groups is 1. The van der Waals surface area contributed by atoms with Crippen molar-refractivity contribution in [1.29, 1.82) is 0 Å². The van der Waals surface area contributed by atoms with E-state index in [4.69, 9.17) is 24.4 Å². The average molecular weight is 313 g/mol. The Morgan fingerprint density at radius 1 is 1.22 bits per heavy atom. The van der Waals surface area contributed by atoms with Crippen LogP contribution in [-0.2, 0) is 0 Å². The fourth-order valence-electron chi connectivity index (χ4n) is 1.27. The molecule has 1 aromatic carbocycles. The first kappa shape index (κ1) is 13.5. The van der Waals surface area contributed by atoms with Crippen molar-refractivity contribution in [2.24, 2.45) is 4.99 Å². The Kier molecular flexibility index (Phi) is 4.39. The van der Waals surface area contributed by atoms with E-state index in [1.54, 1.807) is 4.90 Å². The highest BCUT2D eigenvalue weighted by atomic mass is 32.9. The van der Waals surface area contributed by atoms with Gasteiger partial charge in [0.2, 0.25) is 4.80 Å². The van der Waals surface area contributed by atoms with E-state index >= 15 is 0 Å². The van der Waals surface area contributed by atoms with Gasteiger partial charge in [0.05, 0.1) is 5.69 Å². The van der Waals surface area contributed by atoms with Crippen LogP contribution in [0.5, 0.6) is 0 Å². The van der Waals surface area contributed by atoms with Crippen LogP contribution in [-0.4, -0.2) is 28.7 Å². The third-order valence-electron chi connectivity index (χ3n) is 2.15. The van der Waals surface area contributed by atoms with Gasteiger partial charge in [0.1, 0.15) is 0 Å². The molecule has 3 nitrogen and oxygen atoms in total. The summed E-state index contributed by atoms with van der Waals surface area (Å²) in [6.45, 7) is 0. The summed E-state index contributed by atoms with van der Waals surface area (Å²) in [5.74, 6) is 0. The third kappa shape index (κ3) is 2.92. The summed E-state index contributed by atoms with van der Waals surface area (Å²) in [6, 6.07) is 9.95. The molecular weight excluding hydrogens is 302 g/mol. The quantitative estimate of drug-likeness (QED) is 0.596. The first-order valence-corrected chi connectivity index (χ1v) is 8.10. The maximum Gasteiger partial charge on any atom is 0.208 e. The van der Waals surface area contributed by atoms with Crippen LogP contribution in [0, 0.1) is 3.95 Å². The van der Waals surface area contributed by atoms with Crippen molar-refractivity contribution in [3.05, 3.63) is 39.1 Å². The van der Waals surface area contributed by atoms with Gasteiger partial charge in [-0.1, -0.05) is 18.2 Å². The fraction of sp³-hybridized carbons (Fsp3) is 0.182. The minimum atomic E-state index is 0.545. The van der Waals surface area contributed by atoms with E-state index in [1.165, 1.54) is 20.7 Å². The van der Waals surface area contributed by atoms with E-state index < -0.39 is 0 Å². The summed E-state index contributed by atoms with van der Waals surface area (Å²) >= 11 is 10.6. The number of rotatable bonds is 1. The molecule has 0 amide bonds. The maximum absolute atomic E-state index is 5.35. The molecule has 94 valence electrons. The monoisotopic (exact) mass is 313 g/mol. The maximum atomic E-state index is 5.35. The Bertz CT molecular complexity index is 663. The Hall–Kier alpha value is -0.890. The van der Waals surface area contributed by atoms with Crippen LogP contribution in [0.15, 0.2) is 35.3 Å². The molecule has 0 aliphatic rings.